The zero-order valence-electron chi connectivity index (χ0n) is 8.42. The Labute approximate surface area is 79.8 Å². The van der Waals surface area contributed by atoms with Crippen molar-refractivity contribution in [3.8, 4) is 0 Å². The Bertz CT molecular complexity index is 199. The third-order valence-corrected chi connectivity index (χ3v) is 2.58. The summed E-state index contributed by atoms with van der Waals surface area (Å²) < 4.78 is 0. The number of carbonyl (C=O) groups excluding carboxylic acids is 1. The number of nitrogens with zero attached hydrogens (tertiary/aromatic N) is 1. The van der Waals surface area contributed by atoms with Gasteiger partial charge in [0.15, 0.2) is 0 Å². The number of amides is 1. The van der Waals surface area contributed by atoms with Crippen LogP contribution in [0.25, 0.3) is 0 Å². The maximum Gasteiger partial charge on any atom is 0.243 e. The molecule has 0 spiro atoms. The Morgan fingerprint density at radius 2 is 2.38 bits per heavy atom. The van der Waals surface area contributed by atoms with Crippen molar-refractivity contribution >= 4 is 5.91 Å². The molecule has 0 aromatic heterocycles. The molecule has 0 aromatic carbocycles. The summed E-state index contributed by atoms with van der Waals surface area (Å²) in [6.45, 7) is 6.24. The maximum atomic E-state index is 10.9. The smallest absolute Gasteiger partial charge is 0.243 e. The van der Waals surface area contributed by atoms with E-state index in [1.165, 1.54) is 18.9 Å². The molecule has 1 amide bonds. The normalized spacial score (nSPS) is 18.4. The molecular weight excluding hydrogens is 164 g/mol. The first-order valence-electron chi connectivity index (χ1n) is 4.77. The van der Waals surface area contributed by atoms with E-state index in [-0.39, 0.29) is 5.91 Å². The maximum absolute atomic E-state index is 10.9. The average Bonchev–Trinajstić information content (AvgIpc) is 2.95. The molecule has 74 valence electrons. The van der Waals surface area contributed by atoms with E-state index in [2.05, 4.69) is 30.8 Å². The number of hydrogen-bond donors (Lipinski definition) is 1. The topological polar surface area (TPSA) is 32.3 Å². The highest BCUT2D eigenvalue weighted by atomic mass is 16.1. The fourth-order valence-corrected chi connectivity index (χ4v) is 1.31. The minimum atomic E-state index is -0.0870. The van der Waals surface area contributed by atoms with E-state index in [4.69, 9.17) is 0 Å². The second kappa shape index (κ2) is 4.42. The van der Waals surface area contributed by atoms with Crippen molar-refractivity contribution in [2.45, 2.75) is 31.8 Å². The number of likely N-dealkylation sites (N-methyl/N-ethyl adjacent to an activating group) is 1. The summed E-state index contributed by atoms with van der Waals surface area (Å²) in [6, 6.07) is 1.16. The summed E-state index contributed by atoms with van der Waals surface area (Å²) >= 11 is 0. The summed E-state index contributed by atoms with van der Waals surface area (Å²) in [4.78, 5) is 13.2. The van der Waals surface area contributed by atoms with Crippen LogP contribution < -0.4 is 5.32 Å². The number of hydrogen-bond acceptors (Lipinski definition) is 2. The second-order valence-electron chi connectivity index (χ2n) is 3.69. The molecule has 1 fully saturated rings. The van der Waals surface area contributed by atoms with Crippen LogP contribution in [0.3, 0.4) is 0 Å². The van der Waals surface area contributed by atoms with Gasteiger partial charge >= 0.3 is 0 Å². The predicted octanol–water partition coefficient (Wildman–Crippen LogP) is 0.771. The van der Waals surface area contributed by atoms with Crippen molar-refractivity contribution in [1.29, 1.82) is 0 Å². The van der Waals surface area contributed by atoms with Crippen LogP contribution in [-0.4, -0.2) is 36.5 Å². The predicted molar refractivity (Wildman–Crippen MR) is 53.5 cm³/mol. The standard InChI is InChI=1S/C10H18N2O/c1-4-10(13)11-7-8(2)12(3)9-5-6-9/h4,8-9H,1,5-7H2,2-3H3,(H,11,13). The molecule has 1 unspecified atom stereocenters. The van der Waals surface area contributed by atoms with Crippen molar-refractivity contribution in [1.82, 2.24) is 10.2 Å². The van der Waals surface area contributed by atoms with E-state index in [1.54, 1.807) is 0 Å². The summed E-state index contributed by atoms with van der Waals surface area (Å²) in [5.74, 6) is -0.0870. The van der Waals surface area contributed by atoms with Gasteiger partial charge in [0.25, 0.3) is 0 Å². The molecule has 1 aliphatic rings. The first-order valence-corrected chi connectivity index (χ1v) is 4.77. The lowest BCUT2D eigenvalue weighted by atomic mass is 10.3. The number of rotatable bonds is 5. The highest BCUT2D eigenvalue weighted by molar-refractivity contribution is 5.86. The fraction of sp³-hybridized carbons (Fsp3) is 0.700. The highest BCUT2D eigenvalue weighted by Crippen LogP contribution is 2.26. The lowest BCUT2D eigenvalue weighted by Gasteiger charge is -2.24. The molecule has 0 saturated heterocycles. The van der Waals surface area contributed by atoms with Crippen LogP contribution in [0, 0.1) is 0 Å². The molecule has 0 heterocycles. The van der Waals surface area contributed by atoms with Crippen LogP contribution in [0.15, 0.2) is 12.7 Å². The Morgan fingerprint density at radius 1 is 1.77 bits per heavy atom. The van der Waals surface area contributed by atoms with Crippen molar-refractivity contribution in [2.75, 3.05) is 13.6 Å². The summed E-state index contributed by atoms with van der Waals surface area (Å²) in [5.41, 5.74) is 0. The quantitative estimate of drug-likeness (QED) is 0.637. The molecule has 1 saturated carbocycles. The van der Waals surface area contributed by atoms with Gasteiger partial charge in [-0.2, -0.15) is 0 Å². The molecule has 1 aliphatic carbocycles. The van der Waals surface area contributed by atoms with Gasteiger partial charge in [-0.3, -0.25) is 9.69 Å². The van der Waals surface area contributed by atoms with Crippen LogP contribution in [0.5, 0.6) is 0 Å². The van der Waals surface area contributed by atoms with E-state index in [0.717, 1.165) is 6.04 Å². The molecule has 0 radical (unpaired) electrons. The Balaban J connectivity index is 2.19. The third-order valence-electron chi connectivity index (χ3n) is 2.58. The summed E-state index contributed by atoms with van der Waals surface area (Å²) in [5, 5.41) is 2.80. The monoisotopic (exact) mass is 182 g/mol. The van der Waals surface area contributed by atoms with E-state index in [9.17, 15) is 4.79 Å². The first-order chi connectivity index (χ1) is 6.15. The van der Waals surface area contributed by atoms with Crippen molar-refractivity contribution in [3.05, 3.63) is 12.7 Å². The van der Waals surface area contributed by atoms with Gasteiger partial charge in [0.05, 0.1) is 0 Å². The molecule has 0 aromatic rings. The lowest BCUT2D eigenvalue weighted by molar-refractivity contribution is -0.116. The fourth-order valence-electron chi connectivity index (χ4n) is 1.31. The van der Waals surface area contributed by atoms with Gasteiger partial charge in [-0.1, -0.05) is 6.58 Å². The minimum absolute atomic E-state index is 0.0870. The number of nitrogens with one attached hydrogen (secondary N) is 1. The van der Waals surface area contributed by atoms with Crippen LogP contribution in [-0.2, 0) is 4.79 Å². The second-order valence-corrected chi connectivity index (χ2v) is 3.69. The van der Waals surface area contributed by atoms with Gasteiger partial charge in [-0.25, -0.2) is 0 Å². The Hall–Kier alpha value is -0.830. The molecule has 0 bridgehead atoms. The molecule has 1 N–H and O–H groups in total. The van der Waals surface area contributed by atoms with Crippen molar-refractivity contribution < 1.29 is 4.79 Å². The largest absolute Gasteiger partial charge is 0.351 e. The van der Waals surface area contributed by atoms with Gasteiger partial charge in [0.2, 0.25) is 5.91 Å². The summed E-state index contributed by atoms with van der Waals surface area (Å²) in [6.07, 6.45) is 3.91. The van der Waals surface area contributed by atoms with Crippen molar-refractivity contribution in [3.63, 3.8) is 0 Å². The van der Waals surface area contributed by atoms with Gasteiger partial charge < -0.3 is 5.32 Å². The van der Waals surface area contributed by atoms with Gasteiger partial charge in [0.1, 0.15) is 0 Å². The Kier molecular flexibility index (Phi) is 3.48. The molecule has 0 aliphatic heterocycles. The number of carbonyl (C=O) groups is 1. The lowest BCUT2D eigenvalue weighted by Crippen LogP contribution is -2.40. The van der Waals surface area contributed by atoms with Gasteiger partial charge in [-0.05, 0) is 32.9 Å². The molecule has 3 nitrogen and oxygen atoms in total. The molecule has 1 atom stereocenters. The van der Waals surface area contributed by atoms with Crippen LogP contribution in [0.1, 0.15) is 19.8 Å². The van der Waals surface area contributed by atoms with Gasteiger partial charge in [0, 0.05) is 18.6 Å². The molecular formula is C10H18N2O. The van der Waals surface area contributed by atoms with E-state index >= 15 is 0 Å². The molecule has 3 heteroatoms. The third kappa shape index (κ3) is 3.19. The van der Waals surface area contributed by atoms with Crippen LogP contribution in [0.2, 0.25) is 0 Å². The Morgan fingerprint density at radius 3 is 2.85 bits per heavy atom. The summed E-state index contributed by atoms with van der Waals surface area (Å²) in [7, 11) is 2.11. The average molecular weight is 182 g/mol. The minimum Gasteiger partial charge on any atom is -0.351 e. The van der Waals surface area contributed by atoms with E-state index in [0.29, 0.717) is 12.6 Å². The zero-order valence-corrected chi connectivity index (χ0v) is 8.42. The van der Waals surface area contributed by atoms with Crippen LogP contribution >= 0.6 is 0 Å². The van der Waals surface area contributed by atoms with E-state index in [1.807, 2.05) is 0 Å². The first kappa shape index (κ1) is 10.3. The zero-order chi connectivity index (χ0) is 9.84. The van der Waals surface area contributed by atoms with Crippen molar-refractivity contribution in [2.24, 2.45) is 0 Å². The van der Waals surface area contributed by atoms with E-state index < -0.39 is 0 Å². The molecule has 13 heavy (non-hydrogen) atoms. The van der Waals surface area contributed by atoms with Gasteiger partial charge in [-0.15, -0.1) is 0 Å². The SMILES string of the molecule is C=CC(=O)NCC(C)N(C)C1CC1. The molecule has 1 rings (SSSR count). The highest BCUT2D eigenvalue weighted by Gasteiger charge is 2.28. The van der Waals surface area contributed by atoms with Crippen LogP contribution in [0.4, 0.5) is 0 Å².